The van der Waals surface area contributed by atoms with Gasteiger partial charge in [-0.25, -0.2) is 15.2 Å². The number of hydrazine groups is 2. The quantitative estimate of drug-likeness (QED) is 0.421. The Labute approximate surface area is 148 Å². The Bertz CT molecular complexity index is 539. The van der Waals surface area contributed by atoms with Crippen molar-refractivity contribution in [1.82, 2.24) is 25.9 Å². The summed E-state index contributed by atoms with van der Waals surface area (Å²) >= 11 is 0. The minimum Gasteiger partial charge on any atom is -0.381 e. The molecule has 3 aliphatic rings. The Balaban J connectivity index is 0.000000186. The van der Waals surface area contributed by atoms with Gasteiger partial charge in [0.1, 0.15) is 0 Å². The molecule has 25 heavy (non-hydrogen) atoms. The SMILES string of the molecule is CN(C)NNC1CCOCC1.O=C1N2CCCC(C2)N1OS(=O)(=O)O. The summed E-state index contributed by atoms with van der Waals surface area (Å²) in [6, 6.07) is -0.200. The zero-order chi connectivity index (χ0) is 18.4. The molecule has 3 rings (SSSR count). The molecule has 3 aliphatic heterocycles. The summed E-state index contributed by atoms with van der Waals surface area (Å²) < 4.78 is 38.8. The molecule has 2 amide bonds. The lowest BCUT2D eigenvalue weighted by Crippen LogP contribution is -2.49. The molecule has 0 aromatic heterocycles. The molecule has 0 aromatic carbocycles. The highest BCUT2D eigenvalue weighted by molar-refractivity contribution is 7.80. The number of urea groups is 1. The summed E-state index contributed by atoms with van der Waals surface area (Å²) in [7, 11) is -0.671. The van der Waals surface area contributed by atoms with E-state index in [1.807, 2.05) is 19.1 Å². The van der Waals surface area contributed by atoms with Crippen molar-refractivity contribution in [3.63, 3.8) is 0 Å². The molecule has 1 atom stereocenters. The van der Waals surface area contributed by atoms with E-state index < -0.39 is 16.4 Å². The standard InChI is InChI=1S/C7H17N3O.C6H10N2O5S/c1-10(2)9-8-7-3-5-11-6-4-7;9-6-7-3-1-2-5(4-7)8(6)13-14(10,11)12/h7-9H,3-6H2,1-2H3;5H,1-4H2,(H,10,11,12). The van der Waals surface area contributed by atoms with Gasteiger partial charge in [-0.3, -0.25) is 4.55 Å². The summed E-state index contributed by atoms with van der Waals surface area (Å²) in [5.41, 5.74) is 6.26. The van der Waals surface area contributed by atoms with Crippen LogP contribution in [0.25, 0.3) is 0 Å². The van der Waals surface area contributed by atoms with E-state index in [1.165, 1.54) is 4.90 Å². The van der Waals surface area contributed by atoms with Crippen LogP contribution in [0.1, 0.15) is 25.7 Å². The van der Waals surface area contributed by atoms with Gasteiger partial charge in [-0.1, -0.05) is 0 Å². The maximum atomic E-state index is 11.4. The second kappa shape index (κ2) is 9.07. The maximum Gasteiger partial charge on any atom is 0.418 e. The molecular weight excluding hydrogens is 354 g/mol. The number of nitrogens with zero attached hydrogens (tertiary/aromatic N) is 3. The number of fused-ring (bicyclic) bond motifs is 2. The lowest BCUT2D eigenvalue weighted by atomic mass is 10.1. The Hall–Kier alpha value is -1.02. The average Bonchev–Trinajstić information content (AvgIpc) is 2.76. The number of amides is 2. The monoisotopic (exact) mass is 381 g/mol. The second-order valence-electron chi connectivity index (χ2n) is 6.39. The first kappa shape index (κ1) is 20.3. The van der Waals surface area contributed by atoms with Crippen LogP contribution in [-0.4, -0.2) is 86.5 Å². The highest BCUT2D eigenvalue weighted by Crippen LogP contribution is 2.26. The number of carbonyl (C=O) groups is 1. The van der Waals surface area contributed by atoms with Crippen LogP contribution in [0, 0.1) is 0 Å². The minimum absolute atomic E-state index is 0.266. The predicted octanol–water partition coefficient (Wildman–Crippen LogP) is -0.643. The van der Waals surface area contributed by atoms with Gasteiger partial charge < -0.3 is 9.64 Å². The lowest BCUT2D eigenvalue weighted by molar-refractivity contribution is -0.0316. The van der Waals surface area contributed by atoms with Crippen LogP contribution in [-0.2, 0) is 19.4 Å². The van der Waals surface area contributed by atoms with Crippen LogP contribution in [0.15, 0.2) is 0 Å². The third kappa shape index (κ3) is 6.66. The number of nitrogens with one attached hydrogen (secondary N) is 2. The Kier molecular flexibility index (Phi) is 7.37. The van der Waals surface area contributed by atoms with Crippen LogP contribution in [0.4, 0.5) is 4.79 Å². The van der Waals surface area contributed by atoms with E-state index in [0.29, 0.717) is 25.6 Å². The van der Waals surface area contributed by atoms with Gasteiger partial charge >= 0.3 is 16.4 Å². The van der Waals surface area contributed by atoms with E-state index in [4.69, 9.17) is 9.29 Å². The zero-order valence-electron chi connectivity index (χ0n) is 14.5. The van der Waals surface area contributed by atoms with Crippen molar-refractivity contribution >= 4 is 16.4 Å². The number of hydrogen-bond donors (Lipinski definition) is 3. The summed E-state index contributed by atoms with van der Waals surface area (Å²) in [5, 5.41) is 2.64. The van der Waals surface area contributed by atoms with Gasteiger partial charge in [-0.05, 0) is 25.7 Å². The fraction of sp³-hybridized carbons (Fsp3) is 0.923. The molecule has 0 saturated carbocycles. The normalized spacial score (nSPS) is 24.5. The first-order valence-electron chi connectivity index (χ1n) is 8.27. The van der Waals surface area contributed by atoms with E-state index in [1.54, 1.807) is 0 Å². The lowest BCUT2D eigenvalue weighted by Gasteiger charge is -2.25. The van der Waals surface area contributed by atoms with E-state index in [0.717, 1.165) is 37.5 Å². The highest BCUT2D eigenvalue weighted by Gasteiger charge is 2.42. The fourth-order valence-electron chi connectivity index (χ4n) is 2.87. The van der Waals surface area contributed by atoms with Gasteiger partial charge in [0.2, 0.25) is 0 Å². The van der Waals surface area contributed by atoms with Crippen LogP contribution in [0.3, 0.4) is 0 Å². The number of ether oxygens (including phenoxy) is 1. The van der Waals surface area contributed by atoms with Gasteiger partial charge in [0.25, 0.3) is 0 Å². The fourth-order valence-corrected chi connectivity index (χ4v) is 3.26. The summed E-state index contributed by atoms with van der Waals surface area (Å²) in [4.78, 5) is 12.9. The third-order valence-corrected chi connectivity index (χ3v) is 4.42. The first-order chi connectivity index (χ1) is 11.8. The minimum atomic E-state index is -4.60. The molecule has 3 fully saturated rings. The number of hydroxylamine groups is 2. The van der Waals surface area contributed by atoms with Crippen molar-refractivity contribution in [1.29, 1.82) is 0 Å². The van der Waals surface area contributed by atoms with Gasteiger partial charge in [0.05, 0.1) is 6.04 Å². The van der Waals surface area contributed by atoms with Crippen LogP contribution >= 0.6 is 0 Å². The Morgan fingerprint density at radius 2 is 1.96 bits per heavy atom. The van der Waals surface area contributed by atoms with Crippen molar-refractivity contribution in [2.45, 2.75) is 37.8 Å². The van der Waals surface area contributed by atoms with E-state index >= 15 is 0 Å². The number of hydrogen-bond acceptors (Lipinski definition) is 8. The van der Waals surface area contributed by atoms with Crippen molar-refractivity contribution in [2.24, 2.45) is 0 Å². The smallest absolute Gasteiger partial charge is 0.381 e. The zero-order valence-corrected chi connectivity index (χ0v) is 15.4. The molecular formula is C13H27N5O6S. The predicted molar refractivity (Wildman–Crippen MR) is 88.3 cm³/mol. The molecule has 0 spiro atoms. The Morgan fingerprint density at radius 1 is 1.28 bits per heavy atom. The van der Waals surface area contributed by atoms with E-state index in [-0.39, 0.29) is 6.04 Å². The molecule has 0 aliphatic carbocycles. The maximum absolute atomic E-state index is 11.4. The number of carbonyl (C=O) groups excluding carboxylic acids is 1. The molecule has 0 aromatic rings. The van der Waals surface area contributed by atoms with Crippen LogP contribution in [0.2, 0.25) is 0 Å². The van der Waals surface area contributed by atoms with Crippen LogP contribution in [0.5, 0.6) is 0 Å². The van der Waals surface area contributed by atoms with Gasteiger partial charge in [0.15, 0.2) is 0 Å². The molecule has 0 radical (unpaired) electrons. The Morgan fingerprint density at radius 3 is 2.52 bits per heavy atom. The van der Waals surface area contributed by atoms with Gasteiger partial charge in [-0.15, -0.1) is 4.28 Å². The highest BCUT2D eigenvalue weighted by atomic mass is 32.3. The van der Waals surface area contributed by atoms with Crippen molar-refractivity contribution < 1.29 is 26.8 Å². The number of piperidine rings is 1. The average molecular weight is 381 g/mol. The first-order valence-corrected chi connectivity index (χ1v) is 9.64. The molecule has 146 valence electrons. The van der Waals surface area contributed by atoms with Crippen molar-refractivity contribution in [2.75, 3.05) is 40.4 Å². The molecule has 1 unspecified atom stereocenters. The van der Waals surface area contributed by atoms with Crippen molar-refractivity contribution in [3.8, 4) is 0 Å². The van der Waals surface area contributed by atoms with Gasteiger partial charge in [0, 0.05) is 46.4 Å². The van der Waals surface area contributed by atoms with E-state index in [2.05, 4.69) is 15.2 Å². The van der Waals surface area contributed by atoms with Gasteiger partial charge in [-0.2, -0.15) is 19.0 Å². The molecule has 11 nitrogen and oxygen atoms in total. The molecule has 12 heteroatoms. The van der Waals surface area contributed by atoms with Crippen molar-refractivity contribution in [3.05, 3.63) is 0 Å². The largest absolute Gasteiger partial charge is 0.418 e. The number of rotatable bonds is 5. The molecule has 3 saturated heterocycles. The topological polar surface area (TPSA) is 124 Å². The second-order valence-corrected chi connectivity index (χ2v) is 7.39. The summed E-state index contributed by atoms with van der Waals surface area (Å²) in [6.45, 7) is 2.84. The molecule has 3 heterocycles. The summed E-state index contributed by atoms with van der Waals surface area (Å²) in [5.74, 6) is 0. The third-order valence-electron chi connectivity index (χ3n) is 4.08. The molecule has 2 bridgehead atoms. The molecule has 3 N–H and O–H groups in total. The van der Waals surface area contributed by atoms with E-state index in [9.17, 15) is 13.2 Å². The summed E-state index contributed by atoms with van der Waals surface area (Å²) in [6.07, 6.45) is 3.71. The van der Waals surface area contributed by atoms with Crippen LogP contribution < -0.4 is 11.0 Å².